The first-order chi connectivity index (χ1) is 29.2. The van der Waals surface area contributed by atoms with Gasteiger partial charge in [-0.05, 0) is 80.9 Å². The average Bonchev–Trinajstić information content (AvgIpc) is 3.98. The highest BCUT2D eigenvalue weighted by molar-refractivity contribution is 7.26. The lowest BCUT2D eigenvalue weighted by Crippen LogP contribution is -2.02. The van der Waals surface area contributed by atoms with Gasteiger partial charge in [0, 0.05) is 57.4 Å². The monoisotopic (exact) mass is 785 g/mol. The van der Waals surface area contributed by atoms with E-state index in [1.54, 1.807) is 11.3 Å². The number of fused-ring (bicyclic) bond motifs is 13. The zero-order chi connectivity index (χ0) is 38.6. The number of rotatable bonds is 4. The van der Waals surface area contributed by atoms with E-state index < -0.39 is 0 Å². The van der Waals surface area contributed by atoms with Crippen molar-refractivity contribution in [1.29, 1.82) is 0 Å². The Balaban J connectivity index is 1.13. The maximum Gasteiger partial charge on any atom is 0.236 e. The van der Waals surface area contributed by atoms with Crippen LogP contribution < -0.4 is 0 Å². The van der Waals surface area contributed by atoms with Gasteiger partial charge in [-0.3, -0.25) is 4.57 Å². The second kappa shape index (κ2) is 12.7. The first-order valence-electron chi connectivity index (χ1n) is 19.9. The Bertz CT molecular complexity index is 3820. The molecular weight excluding hydrogens is 755 g/mol. The predicted octanol–water partition coefficient (Wildman–Crippen LogP) is 15.6. The smallest absolute Gasteiger partial charge is 0.236 e. The summed E-state index contributed by atoms with van der Waals surface area (Å²) in [6, 6.07) is 68.3. The summed E-state index contributed by atoms with van der Waals surface area (Å²) in [6.45, 7) is 0. The summed E-state index contributed by atoms with van der Waals surface area (Å²) in [5.74, 6) is 0.676. The molecule has 5 heteroatoms. The average molecular weight is 786 g/mol. The van der Waals surface area contributed by atoms with E-state index in [0.717, 1.165) is 32.5 Å². The van der Waals surface area contributed by atoms with E-state index in [9.17, 15) is 0 Å². The van der Waals surface area contributed by atoms with Crippen molar-refractivity contribution < 1.29 is 0 Å². The summed E-state index contributed by atoms with van der Waals surface area (Å²) >= 11 is 3.63. The lowest BCUT2D eigenvalue weighted by Gasteiger charge is -2.11. The molecule has 0 bridgehead atoms. The van der Waals surface area contributed by atoms with Gasteiger partial charge in [-0.1, -0.05) is 146 Å². The highest BCUT2D eigenvalue weighted by Crippen LogP contribution is 2.45. The molecular formula is C54H31N3S2. The van der Waals surface area contributed by atoms with Crippen LogP contribution in [0.5, 0.6) is 0 Å². The highest BCUT2D eigenvalue weighted by atomic mass is 32.1. The van der Waals surface area contributed by atoms with Crippen molar-refractivity contribution >= 4 is 106 Å². The fraction of sp³-hybridized carbons (Fsp3) is 0. The second-order valence-corrected chi connectivity index (χ2v) is 17.4. The minimum absolute atomic E-state index is 0.676. The van der Waals surface area contributed by atoms with E-state index in [2.05, 4.69) is 193 Å². The van der Waals surface area contributed by atoms with Crippen LogP contribution in [0, 0.1) is 0 Å². The van der Waals surface area contributed by atoms with E-state index in [-0.39, 0.29) is 0 Å². The van der Waals surface area contributed by atoms with Crippen molar-refractivity contribution in [3.8, 4) is 39.5 Å². The van der Waals surface area contributed by atoms with Crippen LogP contribution in [-0.4, -0.2) is 14.5 Å². The van der Waals surface area contributed by atoms with Crippen LogP contribution in [0.4, 0.5) is 0 Å². The van der Waals surface area contributed by atoms with E-state index in [4.69, 9.17) is 9.97 Å². The van der Waals surface area contributed by atoms with Crippen LogP contribution in [0.2, 0.25) is 0 Å². The van der Waals surface area contributed by atoms with Gasteiger partial charge in [0.1, 0.15) is 4.83 Å². The summed E-state index contributed by atoms with van der Waals surface area (Å²) in [6.07, 6.45) is 0. The Kier molecular flexibility index (Phi) is 7.05. The van der Waals surface area contributed by atoms with Gasteiger partial charge in [-0.25, -0.2) is 9.97 Å². The molecule has 59 heavy (non-hydrogen) atoms. The van der Waals surface area contributed by atoms with Gasteiger partial charge in [-0.2, -0.15) is 0 Å². The number of aromatic nitrogens is 3. The normalized spacial score (nSPS) is 12.1. The summed E-state index contributed by atoms with van der Waals surface area (Å²) in [5.41, 5.74) is 9.05. The number of hydrogen-bond acceptors (Lipinski definition) is 4. The third kappa shape index (κ3) is 4.99. The Hall–Kier alpha value is -7.18. The second-order valence-electron chi connectivity index (χ2n) is 15.3. The molecule has 13 aromatic rings. The lowest BCUT2D eigenvalue weighted by molar-refractivity contribution is 1.02. The molecule has 0 aliphatic carbocycles. The van der Waals surface area contributed by atoms with E-state index in [1.165, 1.54) is 84.8 Å². The Labute approximate surface area is 346 Å². The lowest BCUT2D eigenvalue weighted by atomic mass is 10.00. The third-order valence-electron chi connectivity index (χ3n) is 12.0. The van der Waals surface area contributed by atoms with Crippen LogP contribution in [0.15, 0.2) is 188 Å². The van der Waals surface area contributed by atoms with Crippen LogP contribution in [0.3, 0.4) is 0 Å². The fourth-order valence-corrected chi connectivity index (χ4v) is 11.5. The van der Waals surface area contributed by atoms with Crippen LogP contribution in [-0.2, 0) is 0 Å². The van der Waals surface area contributed by atoms with Gasteiger partial charge in [0.25, 0.3) is 0 Å². The maximum atomic E-state index is 5.60. The summed E-state index contributed by atoms with van der Waals surface area (Å²) < 4.78 is 6.11. The molecule has 4 aromatic heterocycles. The number of nitrogens with zero attached hydrogens (tertiary/aromatic N) is 3. The molecule has 13 rings (SSSR count). The van der Waals surface area contributed by atoms with Crippen molar-refractivity contribution in [1.82, 2.24) is 14.5 Å². The molecule has 0 saturated carbocycles. The van der Waals surface area contributed by atoms with Gasteiger partial charge in [0.2, 0.25) is 5.95 Å². The first-order valence-corrected chi connectivity index (χ1v) is 21.5. The standard InChI is InChI=1S/C54H31N3S2/c1-4-12-32(13-5-1)36-21-25-45-42(28-36)43-30-38-20-24-40-44-29-37(33-14-6-2-7-15-33)23-26-47(44)58-52(40)41(38)31-46(43)57(45)54-55-51(35-17-8-3-9-18-35)50-49-39-19-11-10-16-34(39)22-27-48(49)59-53(50)56-54/h1-31H. The molecule has 0 atom stereocenters. The molecule has 0 saturated heterocycles. The van der Waals surface area contributed by atoms with Crippen LogP contribution >= 0.6 is 22.7 Å². The summed E-state index contributed by atoms with van der Waals surface area (Å²) in [5, 5.41) is 12.2. The molecule has 0 aliphatic heterocycles. The molecule has 0 amide bonds. The molecule has 274 valence electrons. The van der Waals surface area contributed by atoms with Crippen LogP contribution in [0.25, 0.3) is 123 Å². The van der Waals surface area contributed by atoms with Crippen molar-refractivity contribution in [2.75, 3.05) is 0 Å². The molecule has 3 nitrogen and oxygen atoms in total. The zero-order valence-corrected chi connectivity index (χ0v) is 33.2. The quantitative estimate of drug-likeness (QED) is 0.178. The van der Waals surface area contributed by atoms with Gasteiger partial charge < -0.3 is 0 Å². The van der Waals surface area contributed by atoms with E-state index >= 15 is 0 Å². The minimum atomic E-state index is 0.676. The fourth-order valence-electron chi connectivity index (χ4n) is 9.24. The molecule has 0 fully saturated rings. The van der Waals surface area contributed by atoms with Crippen molar-refractivity contribution in [3.63, 3.8) is 0 Å². The van der Waals surface area contributed by atoms with Gasteiger partial charge in [0.15, 0.2) is 0 Å². The number of thiophene rings is 2. The van der Waals surface area contributed by atoms with E-state index in [0.29, 0.717) is 5.95 Å². The molecule has 4 heterocycles. The SMILES string of the molecule is c1ccc(-c2ccc3sc4c5cc6c(cc5ccc4c3c2)c2cc(-c3ccccc3)ccc2n6-c2nc(-c3ccccc3)c3c(n2)sc2ccc4ccccc4c23)cc1. The van der Waals surface area contributed by atoms with Crippen molar-refractivity contribution in [2.24, 2.45) is 0 Å². The predicted molar refractivity (Wildman–Crippen MR) is 253 cm³/mol. The Morgan fingerprint density at radius 2 is 1.00 bits per heavy atom. The molecule has 9 aromatic carbocycles. The number of benzene rings is 9. The maximum absolute atomic E-state index is 5.60. The van der Waals surface area contributed by atoms with Crippen molar-refractivity contribution in [2.45, 2.75) is 0 Å². The van der Waals surface area contributed by atoms with Gasteiger partial charge in [0.05, 0.1) is 16.7 Å². The third-order valence-corrected chi connectivity index (χ3v) is 14.3. The number of hydrogen-bond donors (Lipinski definition) is 0. The Morgan fingerprint density at radius 3 is 1.78 bits per heavy atom. The van der Waals surface area contributed by atoms with E-state index in [1.807, 2.05) is 11.3 Å². The molecule has 0 spiro atoms. The molecule has 0 unspecified atom stereocenters. The largest absolute Gasteiger partial charge is 0.278 e. The summed E-state index contributed by atoms with van der Waals surface area (Å²) in [4.78, 5) is 12.1. The van der Waals surface area contributed by atoms with Gasteiger partial charge in [-0.15, -0.1) is 22.7 Å². The first kappa shape index (κ1) is 32.9. The van der Waals surface area contributed by atoms with Crippen molar-refractivity contribution in [3.05, 3.63) is 188 Å². The topological polar surface area (TPSA) is 30.7 Å². The summed E-state index contributed by atoms with van der Waals surface area (Å²) in [7, 11) is 0. The molecule has 0 N–H and O–H groups in total. The zero-order valence-electron chi connectivity index (χ0n) is 31.6. The van der Waals surface area contributed by atoms with Crippen LogP contribution in [0.1, 0.15) is 0 Å². The van der Waals surface area contributed by atoms with Gasteiger partial charge >= 0.3 is 0 Å². The molecule has 0 radical (unpaired) electrons. The molecule has 0 aliphatic rings. The minimum Gasteiger partial charge on any atom is -0.278 e. The Morgan fingerprint density at radius 1 is 0.356 bits per heavy atom. The highest BCUT2D eigenvalue weighted by Gasteiger charge is 2.22.